The molecule has 0 atom stereocenters. The van der Waals surface area contributed by atoms with Gasteiger partial charge in [0.1, 0.15) is 5.82 Å². The third kappa shape index (κ3) is 6.52. The number of guanidine groups is 1. The molecule has 2 N–H and O–H groups in total. The average Bonchev–Trinajstić information content (AvgIpc) is 2.45. The van der Waals surface area contributed by atoms with Crippen LogP contribution in [0.4, 0.5) is 4.39 Å². The van der Waals surface area contributed by atoms with Crippen LogP contribution >= 0.6 is 0 Å². The summed E-state index contributed by atoms with van der Waals surface area (Å²) in [6, 6.07) is 6.64. The van der Waals surface area contributed by atoms with Gasteiger partial charge in [0, 0.05) is 33.2 Å². The molecule has 0 aliphatic rings. The van der Waals surface area contributed by atoms with Gasteiger partial charge in [0.2, 0.25) is 0 Å². The van der Waals surface area contributed by atoms with Crippen LogP contribution in [0.15, 0.2) is 29.3 Å². The molecule has 0 heterocycles. The summed E-state index contributed by atoms with van der Waals surface area (Å²) in [4.78, 5) is 6.34. The molecule has 0 unspecified atom stereocenters. The summed E-state index contributed by atoms with van der Waals surface area (Å²) in [5.74, 6) is 0.644. The van der Waals surface area contributed by atoms with Crippen molar-refractivity contribution >= 4 is 5.96 Å². The van der Waals surface area contributed by atoms with Gasteiger partial charge in [0.25, 0.3) is 0 Å². The number of benzene rings is 1. The van der Waals surface area contributed by atoms with Crippen molar-refractivity contribution < 1.29 is 4.39 Å². The van der Waals surface area contributed by atoms with Gasteiger partial charge in [-0.3, -0.25) is 4.99 Å². The summed E-state index contributed by atoms with van der Waals surface area (Å²) in [5.41, 5.74) is 1.11. The molecule has 0 aromatic heterocycles. The van der Waals surface area contributed by atoms with E-state index in [0.29, 0.717) is 0 Å². The van der Waals surface area contributed by atoms with Gasteiger partial charge < -0.3 is 15.5 Å². The normalized spacial score (nSPS) is 11.8. The maximum Gasteiger partial charge on any atom is 0.191 e. The topological polar surface area (TPSA) is 39.7 Å². The van der Waals surface area contributed by atoms with Crippen molar-refractivity contribution in [3.05, 3.63) is 35.6 Å². The first-order valence-corrected chi connectivity index (χ1v) is 7.03. The van der Waals surface area contributed by atoms with Gasteiger partial charge >= 0.3 is 0 Å². The number of aliphatic imine (C=N–C) groups is 1. The van der Waals surface area contributed by atoms with Crippen molar-refractivity contribution in [2.24, 2.45) is 4.99 Å². The van der Waals surface area contributed by atoms with Crippen LogP contribution in [0.3, 0.4) is 0 Å². The molecule has 112 valence electrons. The van der Waals surface area contributed by atoms with Crippen molar-refractivity contribution in [3.63, 3.8) is 0 Å². The van der Waals surface area contributed by atoms with Crippen molar-refractivity contribution in [1.82, 2.24) is 15.5 Å². The highest BCUT2D eigenvalue weighted by molar-refractivity contribution is 5.79. The summed E-state index contributed by atoms with van der Waals surface area (Å²) < 4.78 is 12.8. The third-order valence-electron chi connectivity index (χ3n) is 2.92. The lowest BCUT2D eigenvalue weighted by atomic mass is 10.2. The Hall–Kier alpha value is -1.62. The number of rotatable bonds is 7. The Morgan fingerprint density at radius 1 is 1.20 bits per heavy atom. The predicted molar refractivity (Wildman–Crippen MR) is 82.4 cm³/mol. The van der Waals surface area contributed by atoms with E-state index in [1.807, 2.05) is 19.2 Å². The van der Waals surface area contributed by atoms with E-state index in [0.717, 1.165) is 44.1 Å². The summed E-state index contributed by atoms with van der Waals surface area (Å²) in [6.07, 6.45) is 1.07. The van der Waals surface area contributed by atoms with Crippen LogP contribution < -0.4 is 10.6 Å². The molecule has 0 saturated carbocycles. The highest BCUT2D eigenvalue weighted by Gasteiger charge is 2.01. The van der Waals surface area contributed by atoms with E-state index < -0.39 is 0 Å². The van der Waals surface area contributed by atoms with E-state index in [1.165, 1.54) is 12.1 Å². The smallest absolute Gasteiger partial charge is 0.191 e. The predicted octanol–water partition coefficient (Wildman–Crippen LogP) is 1.83. The van der Waals surface area contributed by atoms with Gasteiger partial charge in [0.05, 0.1) is 0 Å². The molecule has 0 aliphatic carbocycles. The molecule has 1 rings (SSSR count). The molecule has 0 aliphatic heterocycles. The quantitative estimate of drug-likeness (QED) is 0.591. The van der Waals surface area contributed by atoms with Crippen molar-refractivity contribution in [1.29, 1.82) is 0 Å². The van der Waals surface area contributed by atoms with Crippen molar-refractivity contribution in [2.75, 3.05) is 33.7 Å². The fourth-order valence-electron chi connectivity index (χ4n) is 1.81. The molecule has 20 heavy (non-hydrogen) atoms. The second kappa shape index (κ2) is 9.31. The van der Waals surface area contributed by atoms with Crippen LogP contribution in [0.25, 0.3) is 0 Å². The second-order valence-corrected chi connectivity index (χ2v) is 4.79. The molecule has 5 heteroatoms. The summed E-state index contributed by atoms with van der Waals surface area (Å²) in [6.45, 7) is 5.57. The molecule has 1 aromatic carbocycles. The summed E-state index contributed by atoms with van der Waals surface area (Å²) >= 11 is 0. The SMILES string of the molecule is CCCNC(=NC)NCCN(C)Cc1ccc(F)cc1. The first kappa shape index (κ1) is 16.4. The lowest BCUT2D eigenvalue weighted by Gasteiger charge is -2.18. The number of nitrogens with one attached hydrogen (secondary N) is 2. The van der Waals surface area contributed by atoms with Gasteiger partial charge in [0.15, 0.2) is 5.96 Å². The lowest BCUT2D eigenvalue weighted by Crippen LogP contribution is -2.41. The van der Waals surface area contributed by atoms with Crippen LogP contribution in [-0.2, 0) is 6.54 Å². The number of hydrogen-bond acceptors (Lipinski definition) is 2. The first-order valence-electron chi connectivity index (χ1n) is 7.03. The molecule has 0 amide bonds. The molecule has 0 radical (unpaired) electrons. The molecular weight excluding hydrogens is 255 g/mol. The van der Waals surface area contributed by atoms with Crippen molar-refractivity contribution in [2.45, 2.75) is 19.9 Å². The van der Waals surface area contributed by atoms with Gasteiger partial charge in [-0.2, -0.15) is 0 Å². The molecular formula is C15H25FN4. The number of halogens is 1. The highest BCUT2D eigenvalue weighted by atomic mass is 19.1. The van der Waals surface area contributed by atoms with Crippen LogP contribution in [-0.4, -0.2) is 44.6 Å². The number of likely N-dealkylation sites (N-methyl/N-ethyl adjacent to an activating group) is 1. The highest BCUT2D eigenvalue weighted by Crippen LogP contribution is 2.04. The number of nitrogens with zero attached hydrogens (tertiary/aromatic N) is 2. The zero-order valence-electron chi connectivity index (χ0n) is 12.6. The molecule has 0 saturated heterocycles. The van der Waals surface area contributed by atoms with Crippen LogP contribution in [0.1, 0.15) is 18.9 Å². The lowest BCUT2D eigenvalue weighted by molar-refractivity contribution is 0.331. The van der Waals surface area contributed by atoms with E-state index in [-0.39, 0.29) is 5.82 Å². The van der Waals surface area contributed by atoms with E-state index in [2.05, 4.69) is 27.4 Å². The Balaban J connectivity index is 2.25. The monoisotopic (exact) mass is 280 g/mol. The maximum absolute atomic E-state index is 12.8. The third-order valence-corrected chi connectivity index (χ3v) is 2.92. The maximum atomic E-state index is 12.8. The van der Waals surface area contributed by atoms with Gasteiger partial charge in [-0.1, -0.05) is 19.1 Å². The average molecular weight is 280 g/mol. The number of hydrogen-bond donors (Lipinski definition) is 2. The molecule has 0 fully saturated rings. The molecule has 4 nitrogen and oxygen atoms in total. The Morgan fingerprint density at radius 2 is 1.85 bits per heavy atom. The molecule has 0 bridgehead atoms. The Morgan fingerprint density at radius 3 is 2.45 bits per heavy atom. The fourth-order valence-corrected chi connectivity index (χ4v) is 1.81. The standard InChI is InChI=1S/C15H25FN4/c1-4-9-18-15(17-2)19-10-11-20(3)12-13-5-7-14(16)8-6-13/h5-8H,4,9-12H2,1-3H3,(H2,17,18,19). The zero-order valence-corrected chi connectivity index (χ0v) is 12.6. The van der Waals surface area contributed by atoms with E-state index in [1.54, 1.807) is 7.05 Å². The minimum atomic E-state index is -0.191. The van der Waals surface area contributed by atoms with E-state index in [4.69, 9.17) is 0 Å². The van der Waals surface area contributed by atoms with E-state index >= 15 is 0 Å². The van der Waals surface area contributed by atoms with Gasteiger partial charge in [-0.15, -0.1) is 0 Å². The second-order valence-electron chi connectivity index (χ2n) is 4.79. The Kier molecular flexibility index (Phi) is 7.65. The van der Waals surface area contributed by atoms with Gasteiger partial charge in [-0.05, 0) is 31.2 Å². The Labute approximate surface area is 121 Å². The molecule has 0 spiro atoms. The minimum Gasteiger partial charge on any atom is -0.356 e. The van der Waals surface area contributed by atoms with Crippen LogP contribution in [0.5, 0.6) is 0 Å². The zero-order chi connectivity index (χ0) is 14.8. The fraction of sp³-hybridized carbons (Fsp3) is 0.533. The summed E-state index contributed by atoms with van der Waals surface area (Å²) in [5, 5.41) is 6.49. The van der Waals surface area contributed by atoms with Gasteiger partial charge in [-0.25, -0.2) is 4.39 Å². The Bertz CT molecular complexity index is 403. The molecule has 1 aromatic rings. The van der Waals surface area contributed by atoms with Crippen LogP contribution in [0.2, 0.25) is 0 Å². The van der Waals surface area contributed by atoms with E-state index in [9.17, 15) is 4.39 Å². The minimum absolute atomic E-state index is 0.191. The van der Waals surface area contributed by atoms with Crippen molar-refractivity contribution in [3.8, 4) is 0 Å². The largest absolute Gasteiger partial charge is 0.356 e. The van der Waals surface area contributed by atoms with Crippen LogP contribution in [0, 0.1) is 5.82 Å². The summed E-state index contributed by atoms with van der Waals surface area (Å²) in [7, 11) is 3.82. The first-order chi connectivity index (χ1) is 9.65.